The van der Waals surface area contributed by atoms with Crippen LogP contribution in [-0.4, -0.2) is 24.3 Å². The van der Waals surface area contributed by atoms with Gasteiger partial charge in [0.1, 0.15) is 4.88 Å². The Bertz CT molecular complexity index is 719. The van der Waals surface area contributed by atoms with Crippen LogP contribution >= 0.6 is 22.7 Å². The van der Waals surface area contributed by atoms with E-state index in [1.807, 2.05) is 31.4 Å². The molecular formula is C17H19NO4S2. The lowest BCUT2D eigenvalue weighted by molar-refractivity contribution is -0.125. The van der Waals surface area contributed by atoms with Crippen LogP contribution in [0.5, 0.6) is 0 Å². The van der Waals surface area contributed by atoms with Crippen LogP contribution in [0.1, 0.15) is 51.0 Å². The summed E-state index contributed by atoms with van der Waals surface area (Å²) >= 11 is 2.64. The van der Waals surface area contributed by atoms with Gasteiger partial charge in [-0.15, -0.1) is 22.7 Å². The van der Waals surface area contributed by atoms with E-state index < -0.39 is 5.97 Å². The summed E-state index contributed by atoms with van der Waals surface area (Å²) in [6.45, 7) is 5.13. The van der Waals surface area contributed by atoms with Crippen molar-refractivity contribution >= 4 is 40.3 Å². The van der Waals surface area contributed by atoms with E-state index in [-0.39, 0.29) is 30.3 Å². The second kappa shape index (κ2) is 8.21. The molecule has 0 aromatic carbocycles. The van der Waals surface area contributed by atoms with Gasteiger partial charge >= 0.3 is 5.97 Å². The Morgan fingerprint density at radius 1 is 1.17 bits per heavy atom. The largest absolute Gasteiger partial charge is 0.451 e. The van der Waals surface area contributed by atoms with Gasteiger partial charge in [-0.1, -0.05) is 19.9 Å². The van der Waals surface area contributed by atoms with Crippen LogP contribution in [0.25, 0.3) is 0 Å². The number of carbonyl (C=O) groups excluding carboxylic acids is 3. The van der Waals surface area contributed by atoms with Gasteiger partial charge in [0.15, 0.2) is 12.4 Å². The Morgan fingerprint density at radius 2 is 1.88 bits per heavy atom. The first kappa shape index (κ1) is 18.4. The smallest absolute Gasteiger partial charge is 0.348 e. The molecule has 0 radical (unpaired) electrons. The van der Waals surface area contributed by atoms with Crippen molar-refractivity contribution in [2.24, 2.45) is 5.92 Å². The maximum Gasteiger partial charge on any atom is 0.348 e. The fraction of sp³-hybridized carbons (Fsp3) is 0.353. The lowest BCUT2D eigenvalue weighted by Gasteiger charge is -2.21. The third-order valence-electron chi connectivity index (χ3n) is 3.32. The number of nitrogens with one attached hydrogen (secondary N) is 1. The van der Waals surface area contributed by atoms with Gasteiger partial charge in [0.05, 0.1) is 10.9 Å². The average molecular weight is 365 g/mol. The van der Waals surface area contributed by atoms with Gasteiger partial charge in [-0.2, -0.15) is 0 Å². The molecule has 5 nitrogen and oxygen atoms in total. The van der Waals surface area contributed by atoms with Crippen LogP contribution in [-0.2, 0) is 9.53 Å². The number of ketones is 1. The van der Waals surface area contributed by atoms with Crippen molar-refractivity contribution < 1.29 is 19.1 Å². The van der Waals surface area contributed by atoms with Gasteiger partial charge in [0, 0.05) is 4.88 Å². The zero-order valence-electron chi connectivity index (χ0n) is 13.7. The van der Waals surface area contributed by atoms with Crippen molar-refractivity contribution in [3.8, 4) is 0 Å². The van der Waals surface area contributed by atoms with Crippen LogP contribution in [0, 0.1) is 5.92 Å². The SMILES string of the molecule is CC(=O)c1ccc(C(=O)OCC(=O)NC(c2cccs2)C(C)C)s1. The van der Waals surface area contributed by atoms with Crippen molar-refractivity contribution in [2.75, 3.05) is 6.61 Å². The van der Waals surface area contributed by atoms with Crippen LogP contribution in [0.2, 0.25) is 0 Å². The molecule has 0 spiro atoms. The number of hydrogen-bond acceptors (Lipinski definition) is 6. The van der Waals surface area contributed by atoms with Gasteiger partial charge in [-0.05, 0) is 36.4 Å². The second-order valence-corrected chi connectivity index (χ2v) is 7.66. The molecule has 1 unspecified atom stereocenters. The van der Waals surface area contributed by atoms with Crippen LogP contribution in [0.3, 0.4) is 0 Å². The van der Waals surface area contributed by atoms with E-state index in [1.54, 1.807) is 17.4 Å². The number of ether oxygens (including phenoxy) is 1. The number of carbonyl (C=O) groups is 3. The summed E-state index contributed by atoms with van der Waals surface area (Å²) in [6, 6.07) is 6.91. The Labute approximate surface area is 148 Å². The van der Waals surface area contributed by atoms with Crippen LogP contribution in [0.15, 0.2) is 29.6 Å². The number of esters is 1. The van der Waals surface area contributed by atoms with Crippen molar-refractivity contribution in [3.05, 3.63) is 44.3 Å². The van der Waals surface area contributed by atoms with Crippen molar-refractivity contribution in [3.63, 3.8) is 0 Å². The van der Waals surface area contributed by atoms with E-state index >= 15 is 0 Å². The maximum atomic E-state index is 12.1. The topological polar surface area (TPSA) is 72.5 Å². The highest BCUT2D eigenvalue weighted by Crippen LogP contribution is 2.25. The summed E-state index contributed by atoms with van der Waals surface area (Å²) in [4.78, 5) is 37.1. The molecule has 128 valence electrons. The summed E-state index contributed by atoms with van der Waals surface area (Å²) in [5, 5.41) is 4.85. The summed E-state index contributed by atoms with van der Waals surface area (Å²) in [6.07, 6.45) is 0. The number of hydrogen-bond donors (Lipinski definition) is 1. The number of rotatable bonds is 7. The van der Waals surface area contributed by atoms with Gasteiger partial charge in [0.25, 0.3) is 5.91 Å². The van der Waals surface area contributed by atoms with E-state index in [0.29, 0.717) is 9.75 Å². The van der Waals surface area contributed by atoms with Crippen LogP contribution < -0.4 is 5.32 Å². The van der Waals surface area contributed by atoms with E-state index in [0.717, 1.165) is 16.2 Å². The Kier molecular flexibility index (Phi) is 6.28. The summed E-state index contributed by atoms with van der Waals surface area (Å²) < 4.78 is 5.03. The van der Waals surface area contributed by atoms with Crippen LogP contribution in [0.4, 0.5) is 0 Å². The van der Waals surface area contributed by atoms with Crippen molar-refractivity contribution in [1.82, 2.24) is 5.32 Å². The molecule has 7 heteroatoms. The Hall–Kier alpha value is -1.99. The van der Waals surface area contributed by atoms with Crippen molar-refractivity contribution in [1.29, 1.82) is 0 Å². The minimum Gasteiger partial charge on any atom is -0.451 e. The molecule has 2 rings (SSSR count). The number of amides is 1. The van der Waals surface area contributed by atoms with Gasteiger partial charge < -0.3 is 10.1 Å². The van der Waals surface area contributed by atoms with E-state index in [4.69, 9.17) is 4.74 Å². The molecule has 2 heterocycles. The lowest BCUT2D eigenvalue weighted by Crippen LogP contribution is -2.34. The number of Topliss-reactive ketones (excluding diaryl/α,β-unsaturated/α-hetero) is 1. The zero-order chi connectivity index (χ0) is 17.7. The molecule has 24 heavy (non-hydrogen) atoms. The molecule has 0 aliphatic heterocycles. The molecule has 2 aromatic heterocycles. The van der Waals surface area contributed by atoms with Gasteiger partial charge in [-0.3, -0.25) is 9.59 Å². The monoisotopic (exact) mass is 365 g/mol. The minimum absolute atomic E-state index is 0.104. The summed E-state index contributed by atoms with van der Waals surface area (Å²) in [7, 11) is 0. The molecule has 0 saturated heterocycles. The predicted molar refractivity (Wildman–Crippen MR) is 94.6 cm³/mol. The summed E-state index contributed by atoms with van der Waals surface area (Å²) in [5.41, 5.74) is 0. The second-order valence-electron chi connectivity index (χ2n) is 5.60. The predicted octanol–water partition coefficient (Wildman–Crippen LogP) is 3.68. The molecule has 1 N–H and O–H groups in total. The van der Waals surface area contributed by atoms with E-state index in [9.17, 15) is 14.4 Å². The fourth-order valence-corrected chi connectivity index (χ4v) is 3.83. The van der Waals surface area contributed by atoms with E-state index in [2.05, 4.69) is 5.32 Å². The third-order valence-corrected chi connectivity index (χ3v) is 5.44. The molecule has 0 fully saturated rings. The molecule has 0 saturated carbocycles. The minimum atomic E-state index is -0.597. The lowest BCUT2D eigenvalue weighted by atomic mass is 10.0. The average Bonchev–Trinajstić information content (AvgIpc) is 3.20. The molecule has 0 bridgehead atoms. The first-order chi connectivity index (χ1) is 11.4. The first-order valence-corrected chi connectivity index (χ1v) is 9.18. The quantitative estimate of drug-likeness (QED) is 0.600. The highest BCUT2D eigenvalue weighted by molar-refractivity contribution is 7.15. The Balaban J connectivity index is 1.89. The highest BCUT2D eigenvalue weighted by Gasteiger charge is 2.20. The fourth-order valence-electron chi connectivity index (χ4n) is 2.09. The molecule has 2 aromatic rings. The zero-order valence-corrected chi connectivity index (χ0v) is 15.3. The normalized spacial score (nSPS) is 12.0. The maximum absolute atomic E-state index is 12.1. The highest BCUT2D eigenvalue weighted by atomic mass is 32.1. The van der Waals surface area contributed by atoms with E-state index in [1.165, 1.54) is 13.0 Å². The molecule has 0 aliphatic carbocycles. The van der Waals surface area contributed by atoms with Gasteiger partial charge in [-0.25, -0.2) is 4.79 Å². The Morgan fingerprint density at radius 3 is 2.42 bits per heavy atom. The molecule has 1 amide bonds. The summed E-state index contributed by atoms with van der Waals surface area (Å²) in [5.74, 6) is -0.829. The third kappa shape index (κ3) is 4.75. The van der Waals surface area contributed by atoms with Gasteiger partial charge in [0.2, 0.25) is 0 Å². The first-order valence-electron chi connectivity index (χ1n) is 7.49. The molecule has 1 atom stereocenters. The molecular weight excluding hydrogens is 346 g/mol. The number of thiophene rings is 2. The van der Waals surface area contributed by atoms with Crippen molar-refractivity contribution in [2.45, 2.75) is 26.8 Å². The molecule has 0 aliphatic rings. The standard InChI is InChI=1S/C17H19NO4S2/c1-10(2)16(13-5-4-8-23-13)18-15(20)9-22-17(21)14-7-6-12(24-14)11(3)19/h4-8,10,16H,9H2,1-3H3,(H,18,20).